The summed E-state index contributed by atoms with van der Waals surface area (Å²) in [7, 11) is 1.98. The van der Waals surface area contributed by atoms with E-state index >= 15 is 0 Å². The van der Waals surface area contributed by atoms with Crippen molar-refractivity contribution >= 4 is 29.9 Å². The molecule has 2 saturated heterocycles. The van der Waals surface area contributed by atoms with Gasteiger partial charge in [-0.05, 0) is 38.5 Å². The largest absolute Gasteiger partial charge is 0.376 e. The summed E-state index contributed by atoms with van der Waals surface area (Å²) >= 11 is 0. The second kappa shape index (κ2) is 12.0. The maximum absolute atomic E-state index is 5.75. The smallest absolute Gasteiger partial charge is 0.192 e. The molecule has 0 spiro atoms. The fraction of sp³-hybridized carbons (Fsp3) is 0.850. The third-order valence-corrected chi connectivity index (χ3v) is 5.63. The van der Waals surface area contributed by atoms with Gasteiger partial charge in [0.2, 0.25) is 0 Å². The van der Waals surface area contributed by atoms with E-state index in [0.29, 0.717) is 12.6 Å². The number of aromatic nitrogens is 3. The summed E-state index contributed by atoms with van der Waals surface area (Å²) in [6, 6.07) is 0.459. The van der Waals surface area contributed by atoms with Crippen molar-refractivity contribution in [1.82, 2.24) is 30.3 Å². The standard InChI is InChI=1S/C20H37N7O.HI/c1-15(2)14-27-9-7-17(8-10-27)23-20(21-12-18-6-5-11-28-18)22-13-19-25-24-16(3)26(19)4;/h15,17-18H,5-14H2,1-4H3,(H2,21,22,23);1H. The van der Waals surface area contributed by atoms with Gasteiger partial charge in [0.15, 0.2) is 11.8 Å². The van der Waals surface area contributed by atoms with Crippen LogP contribution in [-0.4, -0.2) is 70.6 Å². The number of piperidine rings is 1. The average Bonchev–Trinajstić information content (AvgIpc) is 3.30. The van der Waals surface area contributed by atoms with Gasteiger partial charge in [0.05, 0.1) is 6.10 Å². The van der Waals surface area contributed by atoms with E-state index in [4.69, 9.17) is 9.73 Å². The lowest BCUT2D eigenvalue weighted by molar-refractivity contribution is 0.113. The van der Waals surface area contributed by atoms with Gasteiger partial charge in [0.25, 0.3) is 0 Å². The Hall–Kier alpha value is -0.940. The molecule has 2 aliphatic rings. The summed E-state index contributed by atoms with van der Waals surface area (Å²) in [6.45, 7) is 12.2. The summed E-state index contributed by atoms with van der Waals surface area (Å²) in [5, 5.41) is 15.5. The summed E-state index contributed by atoms with van der Waals surface area (Å²) in [5.41, 5.74) is 0. The fourth-order valence-electron chi connectivity index (χ4n) is 3.88. The Morgan fingerprint density at radius 2 is 2.00 bits per heavy atom. The first-order valence-corrected chi connectivity index (χ1v) is 10.7. The van der Waals surface area contributed by atoms with Gasteiger partial charge in [0.1, 0.15) is 12.4 Å². The number of hydrogen-bond donors (Lipinski definition) is 2. The summed E-state index contributed by atoms with van der Waals surface area (Å²) < 4.78 is 7.74. The van der Waals surface area contributed by atoms with E-state index in [2.05, 4.69) is 39.6 Å². The molecule has 0 saturated carbocycles. The number of nitrogens with zero attached hydrogens (tertiary/aromatic N) is 5. The lowest BCUT2D eigenvalue weighted by atomic mass is 10.0. The lowest BCUT2D eigenvalue weighted by Crippen LogP contribution is -2.50. The topological polar surface area (TPSA) is 79.6 Å². The molecular weight excluding hydrogens is 481 g/mol. The summed E-state index contributed by atoms with van der Waals surface area (Å²) in [6.07, 6.45) is 4.86. The number of aryl methyl sites for hydroxylation is 1. The monoisotopic (exact) mass is 519 g/mol. The molecule has 1 aromatic heterocycles. The van der Waals surface area contributed by atoms with Crippen LogP contribution >= 0.6 is 24.0 Å². The van der Waals surface area contributed by atoms with Gasteiger partial charge in [0, 0.05) is 45.9 Å². The van der Waals surface area contributed by atoms with Crippen LogP contribution in [0.5, 0.6) is 0 Å². The van der Waals surface area contributed by atoms with Gasteiger partial charge in [-0.25, -0.2) is 4.99 Å². The highest BCUT2D eigenvalue weighted by atomic mass is 127. The molecule has 1 aromatic rings. The van der Waals surface area contributed by atoms with Gasteiger partial charge in [-0.3, -0.25) is 0 Å². The van der Waals surface area contributed by atoms with Gasteiger partial charge < -0.3 is 24.8 Å². The van der Waals surface area contributed by atoms with E-state index in [1.807, 2.05) is 18.5 Å². The first-order chi connectivity index (χ1) is 13.5. The molecular formula is C20H38IN7O. The number of nitrogens with one attached hydrogen (secondary N) is 2. The van der Waals surface area contributed by atoms with E-state index in [1.54, 1.807) is 0 Å². The third-order valence-electron chi connectivity index (χ3n) is 5.63. The predicted molar refractivity (Wildman–Crippen MR) is 127 cm³/mol. The molecule has 9 heteroatoms. The predicted octanol–water partition coefficient (Wildman–Crippen LogP) is 2.08. The minimum Gasteiger partial charge on any atom is -0.376 e. The molecule has 3 rings (SSSR count). The van der Waals surface area contributed by atoms with Crippen LogP contribution in [0.1, 0.15) is 51.2 Å². The maximum atomic E-state index is 5.75. The van der Waals surface area contributed by atoms with Crippen LogP contribution in [0.3, 0.4) is 0 Å². The van der Waals surface area contributed by atoms with Gasteiger partial charge >= 0.3 is 0 Å². The number of rotatable bonds is 7. The van der Waals surface area contributed by atoms with E-state index in [0.717, 1.165) is 75.5 Å². The zero-order valence-electron chi connectivity index (χ0n) is 18.4. The second-order valence-electron chi connectivity index (χ2n) is 8.52. The first-order valence-electron chi connectivity index (χ1n) is 10.7. The van der Waals surface area contributed by atoms with Crippen LogP contribution in [0.2, 0.25) is 0 Å². The SMILES string of the molecule is Cc1nnc(CN=C(NCC2CCCO2)NC2CCN(CC(C)C)CC2)n1C.I. The number of ether oxygens (including phenoxy) is 1. The molecule has 2 aliphatic heterocycles. The highest BCUT2D eigenvalue weighted by Crippen LogP contribution is 2.13. The minimum absolute atomic E-state index is 0. The minimum atomic E-state index is 0. The quantitative estimate of drug-likeness (QED) is 0.326. The van der Waals surface area contributed by atoms with Gasteiger partial charge in [-0.15, -0.1) is 34.2 Å². The normalized spacial score (nSPS) is 21.4. The maximum Gasteiger partial charge on any atom is 0.192 e. The molecule has 166 valence electrons. The van der Waals surface area contributed by atoms with Crippen molar-refractivity contribution < 1.29 is 4.74 Å². The number of halogens is 1. The van der Waals surface area contributed by atoms with Crippen molar-refractivity contribution in [3.8, 4) is 0 Å². The molecule has 2 N–H and O–H groups in total. The lowest BCUT2D eigenvalue weighted by Gasteiger charge is -2.34. The van der Waals surface area contributed by atoms with Crippen molar-refractivity contribution in [3.63, 3.8) is 0 Å². The number of guanidine groups is 1. The number of likely N-dealkylation sites (tertiary alicyclic amines) is 1. The molecule has 3 heterocycles. The third kappa shape index (κ3) is 7.67. The number of aliphatic imine (C=N–C) groups is 1. The molecule has 0 aliphatic carbocycles. The molecule has 29 heavy (non-hydrogen) atoms. The Bertz CT molecular complexity index is 635. The zero-order valence-corrected chi connectivity index (χ0v) is 20.7. The molecule has 0 amide bonds. The molecule has 0 aromatic carbocycles. The fourth-order valence-corrected chi connectivity index (χ4v) is 3.88. The van der Waals surface area contributed by atoms with Gasteiger partial charge in [-0.1, -0.05) is 13.8 Å². The second-order valence-corrected chi connectivity index (χ2v) is 8.52. The van der Waals surface area contributed by atoms with Crippen molar-refractivity contribution in [1.29, 1.82) is 0 Å². The van der Waals surface area contributed by atoms with Crippen LogP contribution < -0.4 is 10.6 Å². The van der Waals surface area contributed by atoms with Crippen LogP contribution in [0.15, 0.2) is 4.99 Å². The summed E-state index contributed by atoms with van der Waals surface area (Å²) in [5.74, 6) is 3.37. The van der Waals surface area contributed by atoms with Crippen LogP contribution in [-0.2, 0) is 18.3 Å². The highest BCUT2D eigenvalue weighted by molar-refractivity contribution is 14.0. The van der Waals surface area contributed by atoms with Gasteiger partial charge in [-0.2, -0.15) is 0 Å². The van der Waals surface area contributed by atoms with Crippen molar-refractivity contribution in [2.45, 2.75) is 65.1 Å². The first kappa shape index (κ1) is 24.3. The van der Waals surface area contributed by atoms with E-state index in [1.165, 1.54) is 6.54 Å². The van der Waals surface area contributed by atoms with Crippen molar-refractivity contribution in [2.24, 2.45) is 18.0 Å². The van der Waals surface area contributed by atoms with E-state index in [-0.39, 0.29) is 30.1 Å². The Morgan fingerprint density at radius 3 is 2.59 bits per heavy atom. The molecule has 0 bridgehead atoms. The molecule has 8 nitrogen and oxygen atoms in total. The van der Waals surface area contributed by atoms with Crippen LogP contribution in [0, 0.1) is 12.8 Å². The summed E-state index contributed by atoms with van der Waals surface area (Å²) in [4.78, 5) is 7.36. The Morgan fingerprint density at radius 1 is 1.24 bits per heavy atom. The average molecular weight is 519 g/mol. The zero-order chi connectivity index (χ0) is 19.9. The van der Waals surface area contributed by atoms with Crippen molar-refractivity contribution in [2.75, 3.05) is 32.8 Å². The van der Waals surface area contributed by atoms with Crippen molar-refractivity contribution in [3.05, 3.63) is 11.6 Å². The number of hydrogen-bond acceptors (Lipinski definition) is 5. The van der Waals surface area contributed by atoms with E-state index in [9.17, 15) is 0 Å². The van der Waals surface area contributed by atoms with Crippen LogP contribution in [0.25, 0.3) is 0 Å². The van der Waals surface area contributed by atoms with Crippen LogP contribution in [0.4, 0.5) is 0 Å². The Balaban J connectivity index is 0.00000300. The highest BCUT2D eigenvalue weighted by Gasteiger charge is 2.21. The Kier molecular flexibility index (Phi) is 10.1. The van der Waals surface area contributed by atoms with E-state index < -0.39 is 0 Å². The molecule has 1 atom stereocenters. The molecule has 1 unspecified atom stereocenters. The Labute approximate surface area is 192 Å². The molecule has 2 fully saturated rings. The molecule has 0 radical (unpaired) electrons.